The van der Waals surface area contributed by atoms with E-state index >= 15 is 0 Å². The summed E-state index contributed by atoms with van der Waals surface area (Å²) in [7, 11) is 2.23. The van der Waals surface area contributed by atoms with Crippen LogP contribution in [0.3, 0.4) is 0 Å². The van der Waals surface area contributed by atoms with Crippen LogP contribution in [0.1, 0.15) is 24.0 Å². The minimum absolute atomic E-state index is 0.238. The molecule has 1 spiro atoms. The predicted octanol–water partition coefficient (Wildman–Crippen LogP) is 3.38. The van der Waals surface area contributed by atoms with Gasteiger partial charge in [-0.2, -0.15) is 0 Å². The number of likely N-dealkylation sites (tertiary alicyclic amines) is 1. The summed E-state index contributed by atoms with van der Waals surface area (Å²) in [4.78, 5) is 17.1. The predicted molar refractivity (Wildman–Crippen MR) is 100 cm³/mol. The normalized spacial score (nSPS) is 19.7. The summed E-state index contributed by atoms with van der Waals surface area (Å²) < 4.78 is 0. The molecule has 0 radical (unpaired) electrons. The number of aromatic nitrogens is 3. The second-order valence-corrected chi connectivity index (χ2v) is 7.63. The van der Waals surface area contributed by atoms with Gasteiger partial charge < -0.3 is 14.8 Å². The number of anilines is 2. The molecule has 5 nitrogen and oxygen atoms in total. The molecule has 1 fully saturated rings. The molecule has 128 valence electrons. The maximum Gasteiger partial charge on any atom is 0.145 e. The molecule has 2 aromatic heterocycles. The van der Waals surface area contributed by atoms with Gasteiger partial charge in [0.05, 0.1) is 5.39 Å². The molecule has 2 aliphatic rings. The number of aromatic amines is 1. The Morgan fingerprint density at radius 3 is 2.80 bits per heavy atom. The van der Waals surface area contributed by atoms with Crippen LogP contribution in [0.15, 0.2) is 36.8 Å². The molecule has 0 atom stereocenters. The summed E-state index contributed by atoms with van der Waals surface area (Å²) >= 11 is 0. The smallest absolute Gasteiger partial charge is 0.145 e. The lowest BCUT2D eigenvalue weighted by atomic mass is 9.74. The number of aryl methyl sites for hydroxylation is 1. The van der Waals surface area contributed by atoms with E-state index in [1.54, 1.807) is 6.33 Å². The van der Waals surface area contributed by atoms with Gasteiger partial charge in [0.15, 0.2) is 0 Å². The van der Waals surface area contributed by atoms with Crippen LogP contribution in [-0.4, -0.2) is 46.5 Å². The molecule has 25 heavy (non-hydrogen) atoms. The third-order valence-corrected chi connectivity index (χ3v) is 6.01. The Morgan fingerprint density at radius 2 is 1.96 bits per heavy atom. The zero-order chi connectivity index (χ0) is 17.0. The highest BCUT2D eigenvalue weighted by molar-refractivity contribution is 5.91. The van der Waals surface area contributed by atoms with Crippen molar-refractivity contribution < 1.29 is 0 Å². The van der Waals surface area contributed by atoms with Gasteiger partial charge in [-0.05, 0) is 57.6 Å². The van der Waals surface area contributed by atoms with Crippen molar-refractivity contribution in [1.29, 1.82) is 0 Å². The summed E-state index contributed by atoms with van der Waals surface area (Å²) in [6, 6.07) is 8.97. The molecule has 0 bridgehead atoms. The minimum atomic E-state index is 0.238. The van der Waals surface area contributed by atoms with Gasteiger partial charge in [0, 0.05) is 23.8 Å². The highest BCUT2D eigenvalue weighted by Crippen LogP contribution is 2.50. The van der Waals surface area contributed by atoms with Crippen LogP contribution in [0.4, 0.5) is 11.5 Å². The third-order valence-electron chi connectivity index (χ3n) is 6.01. The Morgan fingerprint density at radius 1 is 1.12 bits per heavy atom. The summed E-state index contributed by atoms with van der Waals surface area (Å²) in [5.74, 6) is 1.02. The molecule has 0 unspecified atom stereocenters. The fourth-order valence-corrected chi connectivity index (χ4v) is 4.52. The van der Waals surface area contributed by atoms with Crippen molar-refractivity contribution in [2.24, 2.45) is 0 Å². The Kier molecular flexibility index (Phi) is 3.16. The van der Waals surface area contributed by atoms with Crippen molar-refractivity contribution in [2.45, 2.75) is 25.2 Å². The van der Waals surface area contributed by atoms with E-state index in [1.165, 1.54) is 29.7 Å². The molecule has 0 amide bonds. The number of rotatable bonds is 1. The Bertz CT molecular complexity index is 936. The number of hydrogen-bond acceptors (Lipinski definition) is 4. The molecule has 0 aliphatic carbocycles. The summed E-state index contributed by atoms with van der Waals surface area (Å²) in [5, 5.41) is 1.10. The molecular weight excluding hydrogens is 310 g/mol. The fourth-order valence-electron chi connectivity index (χ4n) is 4.52. The van der Waals surface area contributed by atoms with Gasteiger partial charge in [0.25, 0.3) is 0 Å². The van der Waals surface area contributed by atoms with Crippen LogP contribution < -0.4 is 4.90 Å². The van der Waals surface area contributed by atoms with Crippen molar-refractivity contribution in [3.8, 4) is 0 Å². The number of nitrogens with one attached hydrogen (secondary N) is 1. The van der Waals surface area contributed by atoms with E-state index in [1.807, 2.05) is 6.20 Å². The minimum Gasteiger partial charge on any atom is -0.346 e. The monoisotopic (exact) mass is 333 g/mol. The van der Waals surface area contributed by atoms with Crippen molar-refractivity contribution in [3.63, 3.8) is 0 Å². The lowest BCUT2D eigenvalue weighted by molar-refractivity contribution is 0.198. The van der Waals surface area contributed by atoms with Crippen molar-refractivity contribution in [2.75, 3.05) is 31.6 Å². The van der Waals surface area contributed by atoms with Crippen LogP contribution >= 0.6 is 0 Å². The van der Waals surface area contributed by atoms with Crippen LogP contribution in [0.5, 0.6) is 0 Å². The van der Waals surface area contributed by atoms with Crippen LogP contribution in [-0.2, 0) is 5.41 Å². The molecular formula is C20H23N5. The molecule has 1 saturated heterocycles. The average Bonchev–Trinajstić information content (AvgIpc) is 3.21. The lowest BCUT2D eigenvalue weighted by Gasteiger charge is -2.38. The summed E-state index contributed by atoms with van der Waals surface area (Å²) in [6.07, 6.45) is 6.03. The first-order valence-electron chi connectivity index (χ1n) is 9.02. The van der Waals surface area contributed by atoms with E-state index in [0.717, 1.165) is 36.5 Å². The summed E-state index contributed by atoms with van der Waals surface area (Å²) in [5.41, 5.74) is 5.30. The quantitative estimate of drug-likeness (QED) is 0.742. The zero-order valence-electron chi connectivity index (χ0n) is 14.8. The van der Waals surface area contributed by atoms with Crippen LogP contribution in [0.25, 0.3) is 11.0 Å². The van der Waals surface area contributed by atoms with Gasteiger partial charge in [0.1, 0.15) is 17.8 Å². The number of piperidine rings is 1. The van der Waals surface area contributed by atoms with Crippen molar-refractivity contribution in [1.82, 2.24) is 19.9 Å². The van der Waals surface area contributed by atoms with Crippen molar-refractivity contribution >= 4 is 22.5 Å². The number of benzene rings is 1. The van der Waals surface area contributed by atoms with E-state index in [4.69, 9.17) is 0 Å². The standard InChI is InChI=1S/C20H23N5/c1-14-3-4-17-16(11-14)20(6-9-24(2)10-7-20)12-25(17)19-15-5-8-21-18(15)22-13-23-19/h3-5,8,11,13H,6-7,9-10,12H2,1-2H3,(H,21,22,23). The molecule has 2 aliphatic heterocycles. The second kappa shape index (κ2) is 5.30. The van der Waals surface area contributed by atoms with Crippen molar-refractivity contribution in [3.05, 3.63) is 47.9 Å². The highest BCUT2D eigenvalue weighted by Gasteiger charge is 2.45. The van der Waals surface area contributed by atoms with Gasteiger partial charge in [0.2, 0.25) is 0 Å². The van der Waals surface area contributed by atoms with E-state index in [9.17, 15) is 0 Å². The first-order valence-corrected chi connectivity index (χ1v) is 9.02. The molecule has 5 heteroatoms. The summed E-state index contributed by atoms with van der Waals surface area (Å²) in [6.45, 7) is 5.52. The van der Waals surface area contributed by atoms with Gasteiger partial charge >= 0.3 is 0 Å². The molecule has 4 heterocycles. The third kappa shape index (κ3) is 2.19. The van der Waals surface area contributed by atoms with E-state index in [0.29, 0.717) is 0 Å². The zero-order valence-corrected chi connectivity index (χ0v) is 14.8. The van der Waals surface area contributed by atoms with Gasteiger partial charge in [-0.1, -0.05) is 17.7 Å². The topological polar surface area (TPSA) is 48.1 Å². The molecule has 0 saturated carbocycles. The van der Waals surface area contributed by atoms with E-state index < -0.39 is 0 Å². The lowest BCUT2D eigenvalue weighted by Crippen LogP contribution is -2.43. The molecule has 5 rings (SSSR count). The van der Waals surface area contributed by atoms with Gasteiger partial charge in [-0.25, -0.2) is 9.97 Å². The SMILES string of the molecule is Cc1ccc2c(c1)C1(CCN(C)CC1)CN2c1ncnc2[nH]ccc12. The van der Waals surface area contributed by atoms with E-state index in [2.05, 4.69) is 63.0 Å². The Hall–Kier alpha value is -2.40. The van der Waals surface area contributed by atoms with Crippen LogP contribution in [0.2, 0.25) is 0 Å². The Balaban J connectivity index is 1.67. The molecule has 3 aromatic rings. The first kappa shape index (κ1) is 14.9. The maximum atomic E-state index is 4.66. The maximum absolute atomic E-state index is 4.66. The fraction of sp³-hybridized carbons (Fsp3) is 0.400. The molecule has 1 N–H and O–H groups in total. The van der Waals surface area contributed by atoms with Gasteiger partial charge in [-0.15, -0.1) is 0 Å². The number of hydrogen-bond donors (Lipinski definition) is 1. The highest BCUT2D eigenvalue weighted by atomic mass is 15.2. The number of nitrogens with zero attached hydrogens (tertiary/aromatic N) is 4. The molecule has 1 aromatic carbocycles. The first-order chi connectivity index (χ1) is 12.2. The van der Waals surface area contributed by atoms with E-state index in [-0.39, 0.29) is 5.41 Å². The largest absolute Gasteiger partial charge is 0.346 e. The van der Waals surface area contributed by atoms with Crippen LogP contribution in [0, 0.1) is 6.92 Å². The second-order valence-electron chi connectivity index (χ2n) is 7.63. The van der Waals surface area contributed by atoms with Gasteiger partial charge in [-0.3, -0.25) is 0 Å². The number of fused-ring (bicyclic) bond motifs is 3. The average molecular weight is 333 g/mol. The Labute approximate surface area is 147 Å². The number of H-pyrrole nitrogens is 1.